The first-order chi connectivity index (χ1) is 10.0. The highest BCUT2D eigenvalue weighted by Gasteiger charge is 2.14. The van der Waals surface area contributed by atoms with Gasteiger partial charge in [0, 0.05) is 0 Å². The van der Waals surface area contributed by atoms with Crippen LogP contribution in [0.1, 0.15) is 5.56 Å². The fourth-order valence-corrected chi connectivity index (χ4v) is 3.41. The fourth-order valence-electron chi connectivity index (χ4n) is 2.08. The molecule has 0 aliphatic carbocycles. The number of nitrogens with zero attached hydrogens (tertiary/aromatic N) is 1. The molecular weight excluding hydrogens is 352 g/mol. The second-order valence-electron chi connectivity index (χ2n) is 4.59. The molecule has 3 rings (SSSR count). The van der Waals surface area contributed by atoms with Crippen LogP contribution in [0.4, 0.5) is 0 Å². The number of hydrogen-bond donors (Lipinski definition) is 2. The van der Waals surface area contributed by atoms with E-state index in [1.54, 1.807) is 6.07 Å². The Morgan fingerprint density at radius 2 is 2.10 bits per heavy atom. The van der Waals surface area contributed by atoms with E-state index in [4.69, 9.17) is 0 Å². The van der Waals surface area contributed by atoms with Crippen molar-refractivity contribution < 1.29 is 5.11 Å². The van der Waals surface area contributed by atoms with Gasteiger partial charge in [-0.15, -0.1) is 11.3 Å². The molecule has 21 heavy (non-hydrogen) atoms. The summed E-state index contributed by atoms with van der Waals surface area (Å²) in [6, 6.07) is 11.1. The van der Waals surface area contributed by atoms with Gasteiger partial charge in [-0.05, 0) is 40.5 Å². The molecule has 0 saturated heterocycles. The fraction of sp³-hybridized carbons (Fsp3) is 0.0667. The maximum atomic E-state index is 12.3. The Morgan fingerprint density at radius 3 is 2.71 bits per heavy atom. The summed E-state index contributed by atoms with van der Waals surface area (Å²) in [4.78, 5) is 19.9. The molecule has 1 aromatic carbocycles. The Labute approximate surface area is 133 Å². The van der Waals surface area contributed by atoms with Gasteiger partial charge in [-0.2, -0.15) is 4.98 Å². The first-order valence-electron chi connectivity index (χ1n) is 6.20. The Kier molecular flexibility index (Phi) is 3.65. The molecule has 0 atom stereocenters. The summed E-state index contributed by atoms with van der Waals surface area (Å²) < 4.78 is 0.933. The van der Waals surface area contributed by atoms with Gasteiger partial charge in [0.25, 0.3) is 5.56 Å². The number of aromatic hydroxyl groups is 1. The number of rotatable bonds is 2. The maximum Gasteiger partial charge on any atom is 0.262 e. The summed E-state index contributed by atoms with van der Waals surface area (Å²) in [7, 11) is 0. The number of benzene rings is 1. The van der Waals surface area contributed by atoms with Crippen LogP contribution in [0.3, 0.4) is 0 Å². The van der Waals surface area contributed by atoms with Crippen molar-refractivity contribution in [1.29, 1.82) is 0 Å². The molecular formula is C15H11BrN2O2S. The Balaban J connectivity index is 2.15. The SMILES string of the molecule is Cc1cccc(-c2c(O)nc(-c3ccc(Br)s3)[nH]c2=O)c1. The molecule has 0 amide bonds. The average molecular weight is 363 g/mol. The minimum absolute atomic E-state index is 0.193. The van der Waals surface area contributed by atoms with E-state index in [0.29, 0.717) is 11.4 Å². The third kappa shape index (κ3) is 2.77. The lowest BCUT2D eigenvalue weighted by molar-refractivity contribution is 0.454. The van der Waals surface area contributed by atoms with Crippen molar-refractivity contribution in [2.24, 2.45) is 0 Å². The van der Waals surface area contributed by atoms with Gasteiger partial charge in [-0.1, -0.05) is 29.8 Å². The smallest absolute Gasteiger partial charge is 0.262 e. The van der Waals surface area contributed by atoms with Crippen LogP contribution in [-0.4, -0.2) is 15.1 Å². The monoisotopic (exact) mass is 362 g/mol. The van der Waals surface area contributed by atoms with E-state index >= 15 is 0 Å². The van der Waals surface area contributed by atoms with Crippen molar-refractivity contribution in [1.82, 2.24) is 9.97 Å². The molecule has 6 heteroatoms. The van der Waals surface area contributed by atoms with Crippen molar-refractivity contribution in [3.8, 4) is 27.7 Å². The Hall–Kier alpha value is -1.92. The van der Waals surface area contributed by atoms with E-state index in [2.05, 4.69) is 25.9 Å². The predicted molar refractivity (Wildman–Crippen MR) is 87.7 cm³/mol. The molecule has 0 fully saturated rings. The highest BCUT2D eigenvalue weighted by atomic mass is 79.9. The topological polar surface area (TPSA) is 66.0 Å². The minimum Gasteiger partial charge on any atom is -0.493 e. The molecule has 0 radical (unpaired) electrons. The van der Waals surface area contributed by atoms with Gasteiger partial charge in [-0.25, -0.2) is 0 Å². The zero-order valence-corrected chi connectivity index (χ0v) is 13.5. The molecule has 0 unspecified atom stereocenters. The largest absolute Gasteiger partial charge is 0.493 e. The molecule has 3 aromatic rings. The van der Waals surface area contributed by atoms with Gasteiger partial charge >= 0.3 is 0 Å². The number of hydrogen-bond acceptors (Lipinski definition) is 4. The van der Waals surface area contributed by atoms with Crippen molar-refractivity contribution in [2.45, 2.75) is 6.92 Å². The first-order valence-corrected chi connectivity index (χ1v) is 7.81. The third-order valence-corrected chi connectivity index (χ3v) is 4.64. The zero-order chi connectivity index (χ0) is 15.0. The van der Waals surface area contributed by atoms with Crippen LogP contribution in [0.15, 0.2) is 45.0 Å². The van der Waals surface area contributed by atoms with Gasteiger partial charge in [0.15, 0.2) is 5.82 Å². The Bertz CT molecular complexity index is 870. The average Bonchev–Trinajstić information content (AvgIpc) is 2.85. The minimum atomic E-state index is -0.354. The van der Waals surface area contributed by atoms with Crippen molar-refractivity contribution in [2.75, 3.05) is 0 Å². The standard InChI is InChI=1S/C15H11BrN2O2S/c1-8-3-2-4-9(7-8)12-14(19)17-13(18-15(12)20)10-5-6-11(16)21-10/h2-7H,1H3,(H2,17,18,19,20). The summed E-state index contributed by atoms with van der Waals surface area (Å²) in [5.74, 6) is 0.105. The molecule has 2 N–H and O–H groups in total. The number of thiophene rings is 1. The van der Waals surface area contributed by atoms with Gasteiger partial charge in [0.2, 0.25) is 5.88 Å². The number of H-pyrrole nitrogens is 1. The van der Waals surface area contributed by atoms with E-state index in [1.807, 2.05) is 37.3 Å². The van der Waals surface area contributed by atoms with Crippen LogP contribution in [0.2, 0.25) is 0 Å². The lowest BCUT2D eigenvalue weighted by atomic mass is 10.1. The van der Waals surface area contributed by atoms with E-state index in [9.17, 15) is 9.90 Å². The molecule has 0 aliphatic heterocycles. The molecule has 0 aliphatic rings. The van der Waals surface area contributed by atoms with Crippen molar-refractivity contribution in [3.63, 3.8) is 0 Å². The normalized spacial score (nSPS) is 10.8. The maximum absolute atomic E-state index is 12.3. The lowest BCUT2D eigenvalue weighted by Crippen LogP contribution is -2.11. The third-order valence-electron chi connectivity index (χ3n) is 3.01. The number of aromatic nitrogens is 2. The second kappa shape index (κ2) is 5.46. The highest BCUT2D eigenvalue weighted by Crippen LogP contribution is 2.31. The van der Waals surface area contributed by atoms with Crippen LogP contribution < -0.4 is 5.56 Å². The molecule has 0 saturated carbocycles. The summed E-state index contributed by atoms with van der Waals surface area (Å²) in [6.45, 7) is 1.93. The number of aryl methyl sites for hydroxylation is 1. The van der Waals surface area contributed by atoms with Crippen LogP contribution in [0.5, 0.6) is 5.88 Å². The highest BCUT2D eigenvalue weighted by molar-refractivity contribution is 9.11. The van der Waals surface area contributed by atoms with Crippen LogP contribution >= 0.6 is 27.3 Å². The zero-order valence-electron chi connectivity index (χ0n) is 11.1. The van der Waals surface area contributed by atoms with E-state index in [0.717, 1.165) is 14.2 Å². The summed E-state index contributed by atoms with van der Waals surface area (Å²) in [6.07, 6.45) is 0. The van der Waals surface area contributed by atoms with Gasteiger partial charge in [0.05, 0.1) is 8.66 Å². The molecule has 4 nitrogen and oxygen atoms in total. The van der Waals surface area contributed by atoms with Gasteiger partial charge < -0.3 is 10.1 Å². The molecule has 0 bridgehead atoms. The van der Waals surface area contributed by atoms with Crippen LogP contribution in [-0.2, 0) is 0 Å². The van der Waals surface area contributed by atoms with E-state index in [-0.39, 0.29) is 17.0 Å². The summed E-state index contributed by atoms with van der Waals surface area (Å²) in [5, 5.41) is 10.1. The van der Waals surface area contributed by atoms with Crippen molar-refractivity contribution in [3.05, 3.63) is 56.1 Å². The van der Waals surface area contributed by atoms with Gasteiger partial charge in [0.1, 0.15) is 5.56 Å². The van der Waals surface area contributed by atoms with Crippen LogP contribution in [0, 0.1) is 6.92 Å². The molecule has 0 spiro atoms. The van der Waals surface area contributed by atoms with E-state index < -0.39 is 0 Å². The molecule has 2 heterocycles. The lowest BCUT2D eigenvalue weighted by Gasteiger charge is -2.06. The predicted octanol–water partition coefficient (Wildman–Crippen LogP) is 3.94. The number of nitrogens with one attached hydrogen (secondary N) is 1. The number of aromatic amines is 1. The van der Waals surface area contributed by atoms with Crippen molar-refractivity contribution >= 4 is 27.3 Å². The van der Waals surface area contributed by atoms with Crippen LogP contribution in [0.25, 0.3) is 21.8 Å². The van der Waals surface area contributed by atoms with E-state index in [1.165, 1.54) is 11.3 Å². The summed E-state index contributed by atoms with van der Waals surface area (Å²) >= 11 is 4.80. The Morgan fingerprint density at radius 1 is 1.29 bits per heavy atom. The molecule has 2 aromatic heterocycles. The molecule has 106 valence electrons. The quantitative estimate of drug-likeness (QED) is 0.725. The second-order valence-corrected chi connectivity index (χ2v) is 7.05. The first kappa shape index (κ1) is 14.0. The summed E-state index contributed by atoms with van der Waals surface area (Å²) in [5.41, 5.74) is 1.50. The van der Waals surface area contributed by atoms with Gasteiger partial charge in [-0.3, -0.25) is 4.79 Å². The number of halogens is 1.